The molecule has 2 aromatic heterocycles. The highest BCUT2D eigenvalue weighted by atomic mass is 32.2. The summed E-state index contributed by atoms with van der Waals surface area (Å²) in [5, 5.41) is 11.3. The summed E-state index contributed by atoms with van der Waals surface area (Å²) in [5.41, 5.74) is 6.13. The summed E-state index contributed by atoms with van der Waals surface area (Å²) >= 11 is 1.25. The largest absolute Gasteiger partial charge is 0.368 e. The highest BCUT2D eigenvalue weighted by molar-refractivity contribution is 7.99. The van der Waals surface area contributed by atoms with Gasteiger partial charge < -0.3 is 24.8 Å². The van der Waals surface area contributed by atoms with E-state index in [1.54, 1.807) is 23.0 Å². The number of nitrogens with zero attached hydrogens (tertiary/aromatic N) is 5. The van der Waals surface area contributed by atoms with E-state index in [2.05, 4.69) is 15.0 Å². The van der Waals surface area contributed by atoms with Crippen LogP contribution < -0.4 is 5.73 Å². The summed E-state index contributed by atoms with van der Waals surface area (Å²) < 4.78 is 18.5. The van der Waals surface area contributed by atoms with Gasteiger partial charge in [0.2, 0.25) is 5.95 Å². The van der Waals surface area contributed by atoms with Gasteiger partial charge in [-0.15, -0.1) is 0 Å². The molecule has 1 fully saturated rings. The van der Waals surface area contributed by atoms with Crippen molar-refractivity contribution < 1.29 is 24.0 Å². The van der Waals surface area contributed by atoms with E-state index in [0.29, 0.717) is 29.2 Å². The Morgan fingerprint density at radius 1 is 1.39 bits per heavy atom. The van der Waals surface area contributed by atoms with Crippen molar-refractivity contribution in [2.24, 2.45) is 5.92 Å². The van der Waals surface area contributed by atoms with Crippen molar-refractivity contribution >= 4 is 42.2 Å². The Kier molecular flexibility index (Phi) is 5.48. The van der Waals surface area contributed by atoms with Crippen molar-refractivity contribution in [2.75, 3.05) is 12.1 Å². The van der Waals surface area contributed by atoms with Crippen molar-refractivity contribution in [1.29, 1.82) is 0 Å². The molecule has 0 saturated heterocycles. The Morgan fingerprint density at radius 3 is 2.65 bits per heavy atom. The third-order valence-corrected chi connectivity index (χ3v) is 6.51. The molecule has 0 aliphatic heterocycles. The maximum absolute atomic E-state index is 11.2. The first kappa shape index (κ1) is 21.7. The van der Waals surface area contributed by atoms with Gasteiger partial charge in [-0.3, -0.25) is 14.7 Å². The summed E-state index contributed by atoms with van der Waals surface area (Å²) in [6.07, 6.45) is 1.56. The summed E-state index contributed by atoms with van der Waals surface area (Å²) in [4.78, 5) is 42.3. The van der Waals surface area contributed by atoms with E-state index in [1.807, 2.05) is 6.92 Å². The molecule has 2 heterocycles. The highest BCUT2D eigenvalue weighted by Crippen LogP contribution is 2.51. The lowest BCUT2D eigenvalue weighted by Crippen LogP contribution is -2.24. The molecular weight excluding hydrogens is 447 g/mol. The lowest BCUT2D eigenvalue weighted by atomic mass is 10.2. The van der Waals surface area contributed by atoms with Crippen LogP contribution >= 0.6 is 19.4 Å². The van der Waals surface area contributed by atoms with E-state index in [9.17, 15) is 14.7 Å². The minimum absolute atomic E-state index is 0.0138. The number of nitro benzene ring substituents is 1. The summed E-state index contributed by atoms with van der Waals surface area (Å²) in [5.74, 6) is 0.150. The molecule has 3 aromatic rings. The van der Waals surface area contributed by atoms with E-state index in [-0.39, 0.29) is 17.6 Å². The molecule has 1 aromatic carbocycles. The third kappa shape index (κ3) is 4.70. The second-order valence-electron chi connectivity index (χ2n) is 7.39. The number of anilines is 1. The van der Waals surface area contributed by atoms with E-state index in [1.165, 1.54) is 23.9 Å². The van der Waals surface area contributed by atoms with Crippen LogP contribution in [0.2, 0.25) is 0 Å². The Hall–Kier alpha value is -2.57. The molecule has 1 aliphatic carbocycles. The van der Waals surface area contributed by atoms with Crippen molar-refractivity contribution in [2.45, 2.75) is 35.4 Å². The molecule has 1 aliphatic rings. The number of non-ortho nitro benzene ring substituents is 1. The van der Waals surface area contributed by atoms with Crippen LogP contribution in [0.5, 0.6) is 0 Å². The standard InChI is InChI=1S/C17H19N6O6PS/c1-10-6-17(10,29-9-30(26,27)28)7-22-8-19-13-14(22)20-16(18)21-15(13)31-12-4-2-11(3-5-12)23(24)25/h2-5,8,10H,6-7,9H2,1H3,(H2,18,20,21)(H2,26,27,28)/t10-,17-/m0/s1. The number of fused-ring (bicyclic) bond motifs is 1. The maximum Gasteiger partial charge on any atom is 0.351 e. The van der Waals surface area contributed by atoms with Gasteiger partial charge in [0.25, 0.3) is 5.69 Å². The zero-order chi connectivity index (χ0) is 22.4. The number of hydrogen-bond acceptors (Lipinski definition) is 9. The van der Waals surface area contributed by atoms with Crippen molar-refractivity contribution in [3.05, 3.63) is 40.7 Å². The first-order chi connectivity index (χ1) is 14.6. The molecule has 0 radical (unpaired) electrons. The fourth-order valence-electron chi connectivity index (χ4n) is 3.30. The van der Waals surface area contributed by atoms with Gasteiger partial charge in [-0.05, 0) is 24.5 Å². The summed E-state index contributed by atoms with van der Waals surface area (Å²) in [7, 11) is -4.29. The van der Waals surface area contributed by atoms with Crippen LogP contribution in [0.15, 0.2) is 40.5 Å². The van der Waals surface area contributed by atoms with Crippen molar-refractivity contribution in [3.8, 4) is 0 Å². The number of rotatable bonds is 8. The maximum atomic E-state index is 11.2. The Labute approximate surface area is 180 Å². The number of benzene rings is 1. The average molecular weight is 466 g/mol. The van der Waals surface area contributed by atoms with E-state index >= 15 is 0 Å². The molecule has 12 nitrogen and oxygen atoms in total. The molecule has 2 atom stereocenters. The Morgan fingerprint density at radius 2 is 2.06 bits per heavy atom. The van der Waals surface area contributed by atoms with Gasteiger partial charge >= 0.3 is 7.60 Å². The number of nitrogen functional groups attached to an aromatic ring is 1. The van der Waals surface area contributed by atoms with Gasteiger partial charge in [0.05, 0.1) is 23.4 Å². The molecule has 4 N–H and O–H groups in total. The van der Waals surface area contributed by atoms with E-state index < -0.39 is 24.5 Å². The minimum atomic E-state index is -4.29. The molecule has 14 heteroatoms. The van der Waals surface area contributed by atoms with Crippen LogP contribution in [0.4, 0.5) is 11.6 Å². The molecule has 1 saturated carbocycles. The van der Waals surface area contributed by atoms with Gasteiger partial charge in [0, 0.05) is 17.0 Å². The molecule has 0 unspecified atom stereocenters. The van der Waals surface area contributed by atoms with Gasteiger partial charge in [0.1, 0.15) is 16.9 Å². The molecule has 31 heavy (non-hydrogen) atoms. The first-order valence-corrected chi connectivity index (χ1v) is 11.8. The third-order valence-electron chi connectivity index (χ3n) is 5.06. The predicted octanol–water partition coefficient (Wildman–Crippen LogP) is 2.40. The number of hydrogen-bond donors (Lipinski definition) is 3. The van der Waals surface area contributed by atoms with Gasteiger partial charge in [-0.1, -0.05) is 18.7 Å². The second-order valence-corrected chi connectivity index (χ2v) is 10.0. The smallest absolute Gasteiger partial charge is 0.351 e. The first-order valence-electron chi connectivity index (χ1n) is 9.15. The average Bonchev–Trinajstić information content (AvgIpc) is 3.14. The normalized spacial score (nSPS) is 20.8. The fraction of sp³-hybridized carbons (Fsp3) is 0.353. The van der Waals surface area contributed by atoms with Crippen LogP contribution in [0.1, 0.15) is 13.3 Å². The van der Waals surface area contributed by atoms with Crippen LogP contribution in [-0.2, 0) is 15.8 Å². The molecule has 0 spiro atoms. The summed E-state index contributed by atoms with van der Waals surface area (Å²) in [6.45, 7) is 2.25. The van der Waals surface area contributed by atoms with Gasteiger partial charge in [-0.2, -0.15) is 4.98 Å². The van der Waals surface area contributed by atoms with E-state index in [0.717, 1.165) is 4.90 Å². The number of nitrogens with two attached hydrogens (primary N) is 1. The van der Waals surface area contributed by atoms with Gasteiger partial charge in [-0.25, -0.2) is 9.97 Å². The van der Waals surface area contributed by atoms with Crippen LogP contribution in [0, 0.1) is 16.0 Å². The quantitative estimate of drug-likeness (QED) is 0.192. The fourth-order valence-corrected chi connectivity index (χ4v) is 4.60. The molecule has 0 amide bonds. The zero-order valence-corrected chi connectivity index (χ0v) is 18.0. The molecule has 4 rings (SSSR count). The van der Waals surface area contributed by atoms with Crippen LogP contribution in [-0.4, -0.2) is 46.2 Å². The number of imidazole rings is 1. The number of ether oxygens (including phenoxy) is 1. The molecule has 164 valence electrons. The number of nitro groups is 1. The molecular formula is C17H19N6O6PS. The Bertz CT molecular complexity index is 1200. The Balaban J connectivity index is 1.61. The van der Waals surface area contributed by atoms with Crippen molar-refractivity contribution in [1.82, 2.24) is 19.5 Å². The monoisotopic (exact) mass is 466 g/mol. The number of aromatic nitrogens is 4. The van der Waals surface area contributed by atoms with Gasteiger partial charge in [0.15, 0.2) is 5.65 Å². The zero-order valence-electron chi connectivity index (χ0n) is 16.3. The molecule has 0 bridgehead atoms. The summed E-state index contributed by atoms with van der Waals surface area (Å²) in [6, 6.07) is 6.03. The topological polar surface area (TPSA) is 180 Å². The van der Waals surface area contributed by atoms with Crippen LogP contribution in [0.25, 0.3) is 11.2 Å². The van der Waals surface area contributed by atoms with Crippen molar-refractivity contribution in [3.63, 3.8) is 0 Å². The second kappa shape index (κ2) is 7.84. The SMILES string of the molecule is C[C@H]1C[C@@]1(Cn1cnc2c(Sc3ccc([N+](=O)[O-])cc3)nc(N)nc21)OCP(=O)(O)O. The lowest BCUT2D eigenvalue weighted by Gasteiger charge is -2.19. The highest BCUT2D eigenvalue weighted by Gasteiger charge is 2.53. The van der Waals surface area contributed by atoms with Crippen LogP contribution in [0.3, 0.4) is 0 Å². The predicted molar refractivity (Wildman–Crippen MR) is 111 cm³/mol. The van der Waals surface area contributed by atoms with E-state index in [4.69, 9.17) is 20.3 Å². The minimum Gasteiger partial charge on any atom is -0.368 e. The lowest BCUT2D eigenvalue weighted by molar-refractivity contribution is -0.384.